The molecule has 0 bridgehead atoms. The smallest absolute Gasteiger partial charge is 0.326 e. The predicted octanol–water partition coefficient (Wildman–Crippen LogP) is 3.14. The molecule has 26 heavy (non-hydrogen) atoms. The first-order chi connectivity index (χ1) is 12.2. The standard InChI is InChI=1S/C18H22N2O4.C2H6/c1-11(2)16(22)20-14(17(23)24)9-18(3)8-12-6-4-5-7-13(12)19-15(21)10-18;1-2/h4-7,14H,1,8-10H2,2-3H3,(H,19,21)(H,20,22)(H,23,24);1-2H3. The number of carbonyl (C=O) groups excluding carboxylic acids is 2. The second-order valence-corrected chi connectivity index (χ2v) is 6.72. The highest BCUT2D eigenvalue weighted by atomic mass is 16.4. The van der Waals surface area contributed by atoms with Crippen LogP contribution in [0.3, 0.4) is 0 Å². The molecule has 6 heteroatoms. The number of carboxylic acid groups (broad SMARTS) is 1. The zero-order chi connectivity index (χ0) is 19.9. The number of rotatable bonds is 5. The summed E-state index contributed by atoms with van der Waals surface area (Å²) in [6, 6.07) is 6.40. The van der Waals surface area contributed by atoms with Gasteiger partial charge < -0.3 is 15.7 Å². The molecule has 142 valence electrons. The number of carboxylic acids is 1. The number of fused-ring (bicyclic) bond motifs is 1. The molecule has 0 spiro atoms. The van der Waals surface area contributed by atoms with Crippen molar-refractivity contribution in [3.63, 3.8) is 0 Å². The maximum atomic E-state index is 12.2. The van der Waals surface area contributed by atoms with E-state index in [2.05, 4.69) is 17.2 Å². The van der Waals surface area contributed by atoms with E-state index >= 15 is 0 Å². The topological polar surface area (TPSA) is 95.5 Å². The summed E-state index contributed by atoms with van der Waals surface area (Å²) in [6.07, 6.45) is 0.895. The maximum Gasteiger partial charge on any atom is 0.326 e. The van der Waals surface area contributed by atoms with Crippen LogP contribution in [0, 0.1) is 5.41 Å². The Morgan fingerprint density at radius 2 is 1.92 bits per heavy atom. The number of carbonyl (C=O) groups is 3. The van der Waals surface area contributed by atoms with Gasteiger partial charge in [0.05, 0.1) is 0 Å². The SMILES string of the molecule is C=C(C)C(=O)NC(CC1(C)CC(=O)Nc2ccccc2C1)C(=O)O.CC. The first kappa shape index (κ1) is 21.4. The van der Waals surface area contributed by atoms with Crippen LogP contribution in [0.5, 0.6) is 0 Å². The van der Waals surface area contributed by atoms with E-state index in [1.165, 1.54) is 6.92 Å². The Kier molecular flexibility index (Phi) is 7.56. The zero-order valence-corrected chi connectivity index (χ0v) is 15.9. The van der Waals surface area contributed by atoms with Gasteiger partial charge in [0, 0.05) is 17.7 Å². The van der Waals surface area contributed by atoms with Crippen molar-refractivity contribution in [2.45, 2.75) is 53.0 Å². The number of para-hydroxylation sites is 1. The molecule has 2 atom stereocenters. The van der Waals surface area contributed by atoms with E-state index in [1.807, 2.05) is 45.0 Å². The normalized spacial score (nSPS) is 19.6. The first-order valence-corrected chi connectivity index (χ1v) is 8.77. The van der Waals surface area contributed by atoms with E-state index in [1.54, 1.807) is 0 Å². The molecule has 1 aliphatic heterocycles. The summed E-state index contributed by atoms with van der Waals surface area (Å²) in [5, 5.41) is 14.8. The molecule has 1 aromatic rings. The molecule has 0 radical (unpaired) electrons. The Balaban J connectivity index is 0.00000163. The van der Waals surface area contributed by atoms with Crippen molar-refractivity contribution in [2.75, 3.05) is 5.32 Å². The monoisotopic (exact) mass is 360 g/mol. The number of hydrogen-bond acceptors (Lipinski definition) is 3. The summed E-state index contributed by atoms with van der Waals surface area (Å²) in [6.45, 7) is 10.9. The molecule has 2 amide bonds. The number of anilines is 1. The fraction of sp³-hybridized carbons (Fsp3) is 0.450. The van der Waals surface area contributed by atoms with Gasteiger partial charge >= 0.3 is 5.97 Å². The molecule has 0 fully saturated rings. The van der Waals surface area contributed by atoms with Crippen LogP contribution in [-0.4, -0.2) is 28.9 Å². The Hall–Kier alpha value is -2.63. The van der Waals surface area contributed by atoms with Crippen LogP contribution in [0.4, 0.5) is 5.69 Å². The molecule has 1 aromatic carbocycles. The Morgan fingerprint density at radius 1 is 1.31 bits per heavy atom. The highest BCUT2D eigenvalue weighted by Gasteiger charge is 2.37. The molecule has 1 aliphatic rings. The van der Waals surface area contributed by atoms with Gasteiger partial charge in [-0.1, -0.05) is 45.5 Å². The van der Waals surface area contributed by atoms with Gasteiger partial charge in [0.1, 0.15) is 6.04 Å². The zero-order valence-electron chi connectivity index (χ0n) is 15.9. The summed E-state index contributed by atoms with van der Waals surface area (Å²) in [5.74, 6) is -1.77. The van der Waals surface area contributed by atoms with Crippen LogP contribution >= 0.6 is 0 Å². The number of hydrogen-bond donors (Lipinski definition) is 3. The molecular weight excluding hydrogens is 332 g/mol. The fourth-order valence-corrected chi connectivity index (χ4v) is 3.02. The van der Waals surface area contributed by atoms with E-state index in [-0.39, 0.29) is 24.3 Å². The van der Waals surface area contributed by atoms with Gasteiger partial charge in [-0.05, 0) is 36.8 Å². The number of benzene rings is 1. The van der Waals surface area contributed by atoms with E-state index in [4.69, 9.17) is 0 Å². The first-order valence-electron chi connectivity index (χ1n) is 8.77. The lowest BCUT2D eigenvalue weighted by Gasteiger charge is -2.30. The minimum Gasteiger partial charge on any atom is -0.480 e. The Labute approximate surface area is 154 Å². The second-order valence-electron chi connectivity index (χ2n) is 6.72. The van der Waals surface area contributed by atoms with Crippen LogP contribution in [0.15, 0.2) is 36.4 Å². The average Bonchev–Trinajstić information content (AvgIpc) is 2.69. The molecule has 2 rings (SSSR count). The number of nitrogens with one attached hydrogen (secondary N) is 2. The van der Waals surface area contributed by atoms with Gasteiger partial charge in [-0.2, -0.15) is 0 Å². The van der Waals surface area contributed by atoms with E-state index < -0.39 is 23.3 Å². The van der Waals surface area contributed by atoms with Gasteiger partial charge in [-0.3, -0.25) is 9.59 Å². The molecule has 2 unspecified atom stereocenters. The minimum atomic E-state index is -1.12. The third kappa shape index (κ3) is 5.72. The van der Waals surface area contributed by atoms with Gasteiger partial charge in [-0.25, -0.2) is 4.79 Å². The van der Waals surface area contributed by atoms with Crippen molar-refractivity contribution >= 4 is 23.5 Å². The Morgan fingerprint density at radius 3 is 2.50 bits per heavy atom. The van der Waals surface area contributed by atoms with Crippen molar-refractivity contribution in [2.24, 2.45) is 5.41 Å². The third-order valence-electron chi connectivity index (χ3n) is 4.18. The molecule has 0 saturated heterocycles. The van der Waals surface area contributed by atoms with Gasteiger partial charge in [0.25, 0.3) is 0 Å². The molecular formula is C20H28N2O4. The molecule has 6 nitrogen and oxygen atoms in total. The van der Waals surface area contributed by atoms with Gasteiger partial charge in [-0.15, -0.1) is 0 Å². The quantitative estimate of drug-likeness (QED) is 0.703. The molecule has 1 heterocycles. The summed E-state index contributed by atoms with van der Waals surface area (Å²) in [7, 11) is 0. The van der Waals surface area contributed by atoms with Crippen LogP contribution in [0.2, 0.25) is 0 Å². The van der Waals surface area contributed by atoms with Crippen LogP contribution in [-0.2, 0) is 20.8 Å². The summed E-state index contributed by atoms with van der Waals surface area (Å²) in [5.41, 5.74) is 1.38. The fourth-order valence-electron chi connectivity index (χ4n) is 3.02. The van der Waals surface area contributed by atoms with Crippen molar-refractivity contribution < 1.29 is 19.5 Å². The molecule has 0 aromatic heterocycles. The van der Waals surface area contributed by atoms with Crippen molar-refractivity contribution in [3.05, 3.63) is 42.0 Å². The highest BCUT2D eigenvalue weighted by Crippen LogP contribution is 2.37. The lowest BCUT2D eigenvalue weighted by atomic mass is 9.76. The largest absolute Gasteiger partial charge is 0.480 e. The second kappa shape index (κ2) is 9.17. The highest BCUT2D eigenvalue weighted by molar-refractivity contribution is 5.95. The summed E-state index contributed by atoms with van der Waals surface area (Å²) in [4.78, 5) is 35.5. The Bertz CT molecular complexity index is 699. The van der Waals surface area contributed by atoms with Crippen molar-refractivity contribution in [1.82, 2.24) is 5.32 Å². The van der Waals surface area contributed by atoms with Crippen molar-refractivity contribution in [3.8, 4) is 0 Å². The van der Waals surface area contributed by atoms with E-state index in [0.29, 0.717) is 6.42 Å². The number of aliphatic carboxylic acids is 1. The van der Waals surface area contributed by atoms with Crippen LogP contribution < -0.4 is 10.6 Å². The summed E-state index contributed by atoms with van der Waals surface area (Å²) >= 11 is 0. The maximum absolute atomic E-state index is 12.2. The molecule has 0 aliphatic carbocycles. The van der Waals surface area contributed by atoms with Crippen molar-refractivity contribution in [1.29, 1.82) is 0 Å². The molecule has 0 saturated carbocycles. The van der Waals surface area contributed by atoms with Gasteiger partial charge in [0.15, 0.2) is 0 Å². The van der Waals surface area contributed by atoms with E-state index in [9.17, 15) is 19.5 Å². The van der Waals surface area contributed by atoms with Gasteiger partial charge in [0.2, 0.25) is 11.8 Å². The third-order valence-corrected chi connectivity index (χ3v) is 4.18. The molecule has 3 N–H and O–H groups in total. The predicted molar refractivity (Wildman–Crippen MR) is 102 cm³/mol. The van der Waals surface area contributed by atoms with Crippen LogP contribution in [0.1, 0.15) is 46.1 Å². The lowest BCUT2D eigenvalue weighted by molar-refractivity contribution is -0.142. The lowest BCUT2D eigenvalue weighted by Crippen LogP contribution is -2.45. The minimum absolute atomic E-state index is 0.155. The summed E-state index contributed by atoms with van der Waals surface area (Å²) < 4.78 is 0. The number of amides is 2. The van der Waals surface area contributed by atoms with E-state index in [0.717, 1.165) is 11.3 Å². The van der Waals surface area contributed by atoms with Crippen LogP contribution in [0.25, 0.3) is 0 Å². The average molecular weight is 360 g/mol.